The number of aliphatic hydroxyl groups is 1. The van der Waals surface area contributed by atoms with Crippen molar-refractivity contribution in [2.75, 3.05) is 19.0 Å². The number of hydrogen-bond acceptors (Lipinski definition) is 3. The van der Waals surface area contributed by atoms with Crippen molar-refractivity contribution in [3.05, 3.63) is 58.6 Å². The Balaban J connectivity index is 2.08. The fourth-order valence-electron chi connectivity index (χ4n) is 1.86. The van der Waals surface area contributed by atoms with E-state index in [-0.39, 0.29) is 12.1 Å². The van der Waals surface area contributed by atoms with Gasteiger partial charge in [0.05, 0.1) is 23.9 Å². The number of aliphatic hydroxyl groups excluding tert-OH is 1. The minimum atomic E-state index is -1.13. The molecule has 2 aromatic rings. The number of ether oxygens (including phenoxy) is 1. The smallest absolute Gasteiger partial charge is 0.131 e. The fraction of sp³-hybridized carbons (Fsp3) is 0.200. The molecule has 0 amide bonds. The molecule has 0 aliphatic rings. The van der Waals surface area contributed by atoms with Crippen LogP contribution in [0.2, 0.25) is 5.02 Å². The first-order valence-corrected chi connectivity index (χ1v) is 6.59. The Bertz CT molecular complexity index is 637. The third kappa shape index (κ3) is 3.83. The molecule has 2 N–H and O–H groups in total. The molecule has 21 heavy (non-hydrogen) atoms. The van der Waals surface area contributed by atoms with Gasteiger partial charge in [0.25, 0.3) is 0 Å². The number of anilines is 1. The highest BCUT2D eigenvalue weighted by atomic mass is 35.5. The Morgan fingerprint density at radius 2 is 2.00 bits per heavy atom. The highest BCUT2D eigenvalue weighted by Gasteiger charge is 2.14. The Morgan fingerprint density at radius 1 is 1.24 bits per heavy atom. The van der Waals surface area contributed by atoms with Gasteiger partial charge in [0.1, 0.15) is 17.4 Å². The van der Waals surface area contributed by atoms with Crippen molar-refractivity contribution in [3.63, 3.8) is 0 Å². The van der Waals surface area contributed by atoms with Crippen molar-refractivity contribution >= 4 is 17.3 Å². The average molecular weight is 314 g/mol. The van der Waals surface area contributed by atoms with Crippen molar-refractivity contribution in [2.24, 2.45) is 0 Å². The maximum absolute atomic E-state index is 13.6. The summed E-state index contributed by atoms with van der Waals surface area (Å²) in [7, 11) is 1.52. The summed E-state index contributed by atoms with van der Waals surface area (Å²) in [6, 6.07) is 8.05. The molecule has 112 valence electrons. The van der Waals surface area contributed by atoms with Gasteiger partial charge in [-0.3, -0.25) is 0 Å². The summed E-state index contributed by atoms with van der Waals surface area (Å²) in [6.45, 7) is 0.0233. The van der Waals surface area contributed by atoms with Crippen molar-refractivity contribution in [3.8, 4) is 5.75 Å². The lowest BCUT2D eigenvalue weighted by atomic mass is 10.1. The van der Waals surface area contributed by atoms with Gasteiger partial charge in [-0.1, -0.05) is 17.7 Å². The van der Waals surface area contributed by atoms with Crippen LogP contribution in [0.4, 0.5) is 14.5 Å². The van der Waals surface area contributed by atoms with Gasteiger partial charge in [-0.05, 0) is 18.2 Å². The third-order valence-corrected chi connectivity index (χ3v) is 3.31. The van der Waals surface area contributed by atoms with Crippen LogP contribution in [0, 0.1) is 11.6 Å². The molecule has 1 unspecified atom stereocenters. The van der Waals surface area contributed by atoms with Crippen LogP contribution in [0.1, 0.15) is 11.7 Å². The Kier molecular flexibility index (Phi) is 4.98. The molecular formula is C15H14ClF2NO2. The summed E-state index contributed by atoms with van der Waals surface area (Å²) in [4.78, 5) is 0. The van der Waals surface area contributed by atoms with Crippen LogP contribution in [-0.2, 0) is 0 Å². The molecule has 1 atom stereocenters. The first kappa shape index (κ1) is 15.5. The van der Waals surface area contributed by atoms with Crippen LogP contribution >= 0.6 is 11.6 Å². The lowest BCUT2D eigenvalue weighted by Crippen LogP contribution is -2.14. The van der Waals surface area contributed by atoms with Gasteiger partial charge < -0.3 is 15.2 Å². The van der Waals surface area contributed by atoms with Crippen molar-refractivity contribution in [1.82, 2.24) is 0 Å². The van der Waals surface area contributed by atoms with E-state index in [1.807, 2.05) is 0 Å². The van der Waals surface area contributed by atoms with Crippen molar-refractivity contribution in [2.45, 2.75) is 6.10 Å². The second-order valence-corrected chi connectivity index (χ2v) is 4.82. The van der Waals surface area contributed by atoms with Gasteiger partial charge in [-0.2, -0.15) is 0 Å². The Hall–Kier alpha value is -1.85. The summed E-state index contributed by atoms with van der Waals surface area (Å²) in [5.41, 5.74) is 0.570. The number of hydrogen-bond donors (Lipinski definition) is 2. The fourth-order valence-corrected chi connectivity index (χ4v) is 2.04. The van der Waals surface area contributed by atoms with Crippen LogP contribution in [0.3, 0.4) is 0 Å². The normalized spacial score (nSPS) is 12.0. The summed E-state index contributed by atoms with van der Waals surface area (Å²) in [5.74, 6) is -0.877. The van der Waals surface area contributed by atoms with E-state index >= 15 is 0 Å². The predicted molar refractivity (Wildman–Crippen MR) is 77.8 cm³/mol. The number of methoxy groups -OCH3 is 1. The average Bonchev–Trinajstić information content (AvgIpc) is 2.46. The van der Waals surface area contributed by atoms with Gasteiger partial charge in [0, 0.05) is 24.2 Å². The van der Waals surface area contributed by atoms with E-state index in [0.717, 1.165) is 12.1 Å². The second-order valence-electron chi connectivity index (χ2n) is 4.41. The monoisotopic (exact) mass is 313 g/mol. The number of halogens is 3. The zero-order chi connectivity index (χ0) is 15.4. The van der Waals surface area contributed by atoms with E-state index in [9.17, 15) is 13.9 Å². The molecule has 0 radical (unpaired) electrons. The quantitative estimate of drug-likeness (QED) is 0.883. The largest absolute Gasteiger partial charge is 0.497 e. The molecular weight excluding hydrogens is 300 g/mol. The maximum atomic E-state index is 13.6. The van der Waals surface area contributed by atoms with Gasteiger partial charge in [0.15, 0.2) is 0 Å². The molecule has 0 heterocycles. The molecule has 2 aromatic carbocycles. The van der Waals surface area contributed by atoms with E-state index in [2.05, 4.69) is 5.32 Å². The summed E-state index contributed by atoms with van der Waals surface area (Å²) in [6.07, 6.45) is -1.13. The van der Waals surface area contributed by atoms with Crippen molar-refractivity contribution < 1.29 is 18.6 Å². The maximum Gasteiger partial charge on any atom is 0.131 e. The SMILES string of the molecule is COc1ccc(Cl)c(NCC(O)c2ccc(F)cc2F)c1. The summed E-state index contributed by atoms with van der Waals surface area (Å²) < 4.78 is 31.5. The van der Waals surface area contributed by atoms with E-state index in [4.69, 9.17) is 16.3 Å². The van der Waals surface area contributed by atoms with Gasteiger partial charge in [-0.25, -0.2) is 8.78 Å². The molecule has 0 aliphatic heterocycles. The highest BCUT2D eigenvalue weighted by molar-refractivity contribution is 6.33. The predicted octanol–water partition coefficient (Wildman–Crippen LogP) is 3.77. The lowest BCUT2D eigenvalue weighted by Gasteiger charge is -2.15. The first-order valence-electron chi connectivity index (χ1n) is 6.21. The molecule has 2 rings (SSSR count). The van der Waals surface area contributed by atoms with Gasteiger partial charge in [-0.15, -0.1) is 0 Å². The second kappa shape index (κ2) is 6.74. The van der Waals surface area contributed by atoms with Gasteiger partial charge in [0.2, 0.25) is 0 Å². The zero-order valence-electron chi connectivity index (χ0n) is 11.2. The molecule has 0 saturated carbocycles. The molecule has 3 nitrogen and oxygen atoms in total. The Labute approximate surface area is 126 Å². The molecule has 0 aliphatic carbocycles. The molecule has 0 bridgehead atoms. The van der Waals surface area contributed by atoms with Crippen LogP contribution in [0.15, 0.2) is 36.4 Å². The Morgan fingerprint density at radius 3 is 2.67 bits per heavy atom. The molecule has 0 spiro atoms. The molecule has 6 heteroatoms. The minimum absolute atomic E-state index is 0.0166. The lowest BCUT2D eigenvalue weighted by molar-refractivity contribution is 0.186. The van der Waals surface area contributed by atoms with Crippen LogP contribution in [0.5, 0.6) is 5.75 Å². The topological polar surface area (TPSA) is 41.5 Å². The zero-order valence-corrected chi connectivity index (χ0v) is 12.0. The minimum Gasteiger partial charge on any atom is -0.497 e. The van der Waals surface area contributed by atoms with E-state index < -0.39 is 17.7 Å². The third-order valence-electron chi connectivity index (χ3n) is 2.98. The van der Waals surface area contributed by atoms with Crippen LogP contribution < -0.4 is 10.1 Å². The number of rotatable bonds is 5. The first-order chi connectivity index (χ1) is 10.0. The number of benzene rings is 2. The molecule has 0 aromatic heterocycles. The van der Waals surface area contributed by atoms with E-state index in [0.29, 0.717) is 16.5 Å². The van der Waals surface area contributed by atoms with Crippen LogP contribution in [-0.4, -0.2) is 18.8 Å². The summed E-state index contributed by atoms with van der Waals surface area (Å²) >= 11 is 6.01. The summed E-state index contributed by atoms with van der Waals surface area (Å²) in [5, 5.41) is 13.3. The van der Waals surface area contributed by atoms with E-state index in [1.165, 1.54) is 13.2 Å². The van der Waals surface area contributed by atoms with E-state index in [1.54, 1.807) is 18.2 Å². The van der Waals surface area contributed by atoms with Crippen LogP contribution in [0.25, 0.3) is 0 Å². The molecule has 0 fully saturated rings. The highest BCUT2D eigenvalue weighted by Crippen LogP contribution is 2.27. The van der Waals surface area contributed by atoms with Crippen molar-refractivity contribution in [1.29, 1.82) is 0 Å². The standard InChI is InChI=1S/C15H14ClF2NO2/c1-21-10-3-5-12(16)14(7-10)19-8-15(20)11-4-2-9(17)6-13(11)18/h2-7,15,19-20H,8H2,1H3. The van der Waals surface area contributed by atoms with Gasteiger partial charge >= 0.3 is 0 Å². The number of nitrogens with one attached hydrogen (secondary N) is 1. The molecule has 0 saturated heterocycles.